The quantitative estimate of drug-likeness (QED) is 0.645. The molecule has 2 aromatic rings. The zero-order valence-electron chi connectivity index (χ0n) is 11.1. The number of hydrogen-bond donors (Lipinski definition) is 1. The molecule has 0 amide bonds. The van der Waals surface area contributed by atoms with Gasteiger partial charge in [-0.3, -0.25) is 10.1 Å². The predicted octanol–water partition coefficient (Wildman–Crippen LogP) is 4.53. The van der Waals surface area contributed by atoms with Gasteiger partial charge in [-0.15, -0.1) is 0 Å². The Kier molecular flexibility index (Phi) is 4.74. The van der Waals surface area contributed by atoms with E-state index >= 15 is 0 Å². The van der Waals surface area contributed by atoms with Gasteiger partial charge in [-0.25, -0.2) is 0 Å². The van der Waals surface area contributed by atoms with Crippen LogP contribution in [-0.2, 0) is 13.0 Å². The molecule has 2 rings (SSSR count). The summed E-state index contributed by atoms with van der Waals surface area (Å²) in [6.07, 6.45) is 0.901. The summed E-state index contributed by atoms with van der Waals surface area (Å²) in [5, 5.41) is 14.3. The van der Waals surface area contributed by atoms with E-state index in [1.807, 2.05) is 18.2 Å². The molecule has 20 heavy (non-hydrogen) atoms. The predicted molar refractivity (Wildman–Crippen MR) is 83.9 cm³/mol. The van der Waals surface area contributed by atoms with E-state index in [0.717, 1.165) is 16.6 Å². The third kappa shape index (κ3) is 3.36. The molecule has 5 heteroatoms. The van der Waals surface area contributed by atoms with Gasteiger partial charge in [0.25, 0.3) is 5.69 Å². The van der Waals surface area contributed by atoms with E-state index in [4.69, 9.17) is 0 Å². The molecular weight excluding hydrogens is 320 g/mol. The van der Waals surface area contributed by atoms with Crippen LogP contribution in [-0.4, -0.2) is 4.92 Å². The first-order chi connectivity index (χ1) is 9.61. The minimum atomic E-state index is -0.348. The molecule has 0 fully saturated rings. The lowest BCUT2D eigenvalue weighted by atomic mass is 10.1. The summed E-state index contributed by atoms with van der Waals surface area (Å²) < 4.78 is 1.03. The fraction of sp³-hybridized carbons (Fsp3) is 0.200. The number of benzene rings is 2. The Balaban J connectivity index is 2.19. The molecule has 0 aliphatic rings. The number of para-hydroxylation sites is 1. The van der Waals surface area contributed by atoms with E-state index in [1.54, 1.807) is 12.1 Å². The summed E-state index contributed by atoms with van der Waals surface area (Å²) in [7, 11) is 0. The van der Waals surface area contributed by atoms with Gasteiger partial charge < -0.3 is 5.32 Å². The van der Waals surface area contributed by atoms with Gasteiger partial charge in [0, 0.05) is 28.3 Å². The molecule has 0 aliphatic heterocycles. The molecule has 1 N–H and O–H groups in total. The molecule has 4 nitrogen and oxygen atoms in total. The van der Waals surface area contributed by atoms with Crippen molar-refractivity contribution < 1.29 is 4.92 Å². The van der Waals surface area contributed by atoms with Crippen LogP contribution in [0.15, 0.2) is 46.9 Å². The van der Waals surface area contributed by atoms with Crippen molar-refractivity contribution in [3.05, 3.63) is 68.2 Å². The lowest BCUT2D eigenvalue weighted by molar-refractivity contribution is -0.385. The van der Waals surface area contributed by atoms with Crippen molar-refractivity contribution in [1.29, 1.82) is 0 Å². The monoisotopic (exact) mass is 334 g/mol. The van der Waals surface area contributed by atoms with Crippen molar-refractivity contribution >= 4 is 27.3 Å². The van der Waals surface area contributed by atoms with Gasteiger partial charge in [-0.05, 0) is 30.2 Å². The highest BCUT2D eigenvalue weighted by Gasteiger charge is 2.12. The number of rotatable bonds is 5. The Labute approximate surface area is 126 Å². The second-order valence-corrected chi connectivity index (χ2v) is 5.31. The second kappa shape index (κ2) is 6.52. The van der Waals surface area contributed by atoms with Crippen LogP contribution in [0.3, 0.4) is 0 Å². The Morgan fingerprint density at radius 1 is 1.20 bits per heavy atom. The molecular formula is C15H15BrN2O2. The number of nitro groups is 1. The minimum Gasteiger partial charge on any atom is -0.380 e. The van der Waals surface area contributed by atoms with E-state index in [2.05, 4.69) is 34.2 Å². The molecule has 0 heterocycles. The minimum absolute atomic E-state index is 0.148. The molecule has 0 bridgehead atoms. The summed E-state index contributed by atoms with van der Waals surface area (Å²) >= 11 is 3.45. The maximum absolute atomic E-state index is 11.0. The van der Waals surface area contributed by atoms with E-state index in [-0.39, 0.29) is 10.6 Å². The first kappa shape index (κ1) is 14.5. The third-order valence-corrected chi connectivity index (χ3v) is 3.60. The van der Waals surface area contributed by atoms with E-state index in [9.17, 15) is 10.1 Å². The Hall–Kier alpha value is -1.88. The zero-order chi connectivity index (χ0) is 14.5. The van der Waals surface area contributed by atoms with Crippen LogP contribution < -0.4 is 5.32 Å². The van der Waals surface area contributed by atoms with Crippen LogP contribution in [0.25, 0.3) is 0 Å². The number of hydrogen-bond acceptors (Lipinski definition) is 3. The summed E-state index contributed by atoms with van der Waals surface area (Å²) in [6.45, 7) is 2.52. The molecule has 104 valence electrons. The first-order valence-electron chi connectivity index (χ1n) is 6.36. The number of nitrogens with zero attached hydrogens (tertiary/aromatic N) is 1. The maximum atomic E-state index is 11.0. The van der Waals surface area contributed by atoms with Crippen LogP contribution in [0.1, 0.15) is 18.1 Å². The van der Waals surface area contributed by atoms with Crippen LogP contribution in [0.4, 0.5) is 11.4 Å². The smallest absolute Gasteiger partial charge is 0.274 e. The highest BCUT2D eigenvalue weighted by molar-refractivity contribution is 9.10. The van der Waals surface area contributed by atoms with Crippen molar-refractivity contribution in [1.82, 2.24) is 0 Å². The second-order valence-electron chi connectivity index (χ2n) is 4.39. The maximum Gasteiger partial charge on any atom is 0.274 e. The molecule has 0 atom stereocenters. The van der Waals surface area contributed by atoms with Gasteiger partial charge in [0.05, 0.1) is 4.92 Å². The van der Waals surface area contributed by atoms with Crippen LogP contribution in [0.5, 0.6) is 0 Å². The fourth-order valence-electron chi connectivity index (χ4n) is 2.06. The summed E-state index contributed by atoms with van der Waals surface area (Å²) in [5.41, 5.74) is 3.02. The van der Waals surface area contributed by atoms with Gasteiger partial charge in [0.2, 0.25) is 0 Å². The van der Waals surface area contributed by atoms with Crippen molar-refractivity contribution in [3.8, 4) is 0 Å². The van der Waals surface area contributed by atoms with Crippen molar-refractivity contribution in [3.63, 3.8) is 0 Å². The van der Waals surface area contributed by atoms with Crippen molar-refractivity contribution in [2.45, 2.75) is 19.9 Å². The molecule has 0 spiro atoms. The fourth-order valence-corrected chi connectivity index (χ4v) is 2.46. The number of halogens is 1. The Bertz CT molecular complexity index is 629. The lowest BCUT2D eigenvalue weighted by Gasteiger charge is -2.11. The van der Waals surface area contributed by atoms with Gasteiger partial charge >= 0.3 is 0 Å². The Morgan fingerprint density at radius 3 is 2.65 bits per heavy atom. The van der Waals surface area contributed by atoms with Crippen LogP contribution >= 0.6 is 15.9 Å². The van der Waals surface area contributed by atoms with Crippen molar-refractivity contribution in [2.24, 2.45) is 0 Å². The molecule has 0 saturated heterocycles. The molecule has 0 unspecified atom stereocenters. The van der Waals surface area contributed by atoms with Gasteiger partial charge in [0.15, 0.2) is 0 Å². The first-order valence-corrected chi connectivity index (χ1v) is 7.15. The summed E-state index contributed by atoms with van der Waals surface area (Å²) in [5.74, 6) is 0. The van der Waals surface area contributed by atoms with Gasteiger partial charge in [0.1, 0.15) is 0 Å². The zero-order valence-corrected chi connectivity index (χ0v) is 12.7. The molecule has 0 aromatic heterocycles. The van der Waals surface area contributed by atoms with Gasteiger partial charge in [-0.2, -0.15) is 0 Å². The van der Waals surface area contributed by atoms with Crippen LogP contribution in [0, 0.1) is 10.1 Å². The highest BCUT2D eigenvalue weighted by Crippen LogP contribution is 2.24. The van der Waals surface area contributed by atoms with Crippen molar-refractivity contribution in [2.75, 3.05) is 5.32 Å². The average Bonchev–Trinajstić information content (AvgIpc) is 2.46. The topological polar surface area (TPSA) is 55.2 Å². The number of aryl methyl sites for hydroxylation is 1. The standard InChI is InChI=1S/C15H15BrN2O2/c1-2-11-9-13(16)7-8-14(11)17-10-12-5-3-4-6-15(12)18(19)20/h3-9,17H,2,10H2,1H3. The van der Waals surface area contributed by atoms with Gasteiger partial charge in [-0.1, -0.05) is 41.1 Å². The SMILES string of the molecule is CCc1cc(Br)ccc1NCc1ccccc1[N+](=O)[O-]. The number of nitro benzene ring substituents is 1. The molecule has 0 radical (unpaired) electrons. The number of anilines is 1. The molecule has 0 saturated carbocycles. The normalized spacial score (nSPS) is 10.3. The number of nitrogens with one attached hydrogen (secondary N) is 1. The van der Waals surface area contributed by atoms with Crippen LogP contribution in [0.2, 0.25) is 0 Å². The third-order valence-electron chi connectivity index (χ3n) is 3.11. The molecule has 2 aromatic carbocycles. The summed E-state index contributed by atoms with van der Waals surface area (Å²) in [6, 6.07) is 12.8. The van der Waals surface area contributed by atoms with E-state index in [0.29, 0.717) is 12.1 Å². The van der Waals surface area contributed by atoms with E-state index in [1.165, 1.54) is 11.6 Å². The Morgan fingerprint density at radius 2 is 1.95 bits per heavy atom. The van der Waals surface area contributed by atoms with E-state index < -0.39 is 0 Å². The summed E-state index contributed by atoms with van der Waals surface area (Å²) in [4.78, 5) is 10.6. The largest absolute Gasteiger partial charge is 0.380 e. The average molecular weight is 335 g/mol. The lowest BCUT2D eigenvalue weighted by Crippen LogP contribution is -2.04. The highest BCUT2D eigenvalue weighted by atomic mass is 79.9. The molecule has 0 aliphatic carbocycles.